The minimum absolute atomic E-state index is 0.0520. The van der Waals surface area contributed by atoms with E-state index in [-0.39, 0.29) is 23.0 Å². The molecule has 5 rings (SSSR count). The van der Waals surface area contributed by atoms with Crippen LogP contribution in [0.3, 0.4) is 0 Å². The predicted octanol–water partition coefficient (Wildman–Crippen LogP) is 5.69. The Bertz CT molecular complexity index is 1380. The first-order valence-electron chi connectivity index (χ1n) is 13.3. The molecule has 2 atom stereocenters. The molecule has 8 heteroatoms. The molecule has 0 amide bonds. The molecular formula is C30H39NO6Si. The van der Waals surface area contributed by atoms with Gasteiger partial charge in [-0.1, -0.05) is 20.8 Å². The van der Waals surface area contributed by atoms with Gasteiger partial charge in [-0.2, -0.15) is 0 Å². The first-order valence-corrected chi connectivity index (χ1v) is 14.6. The van der Waals surface area contributed by atoms with E-state index >= 15 is 0 Å². The van der Waals surface area contributed by atoms with Gasteiger partial charge in [-0.3, -0.25) is 9.78 Å². The number of carbonyl (C=O) groups excluding carboxylic acids is 1. The van der Waals surface area contributed by atoms with Crippen molar-refractivity contribution in [1.29, 1.82) is 0 Å². The maximum Gasteiger partial charge on any atom is 0.197 e. The standard InChI is InChI=1S/C30H39NO6Si/c1-27(2,3)38-37-29(6,7)25-22(35-30(8,9)36-25)16-33-17-10-11-18-20(14-17)28(4,5)26-23(24(18)32)19-15-31-13-12-21(19)34-26/h10-15,22,25H,16,38H2,1-9H3/t22-,25-/m1/s1. The lowest BCUT2D eigenvalue weighted by atomic mass is 9.72. The molecule has 1 aromatic carbocycles. The van der Waals surface area contributed by atoms with E-state index in [0.29, 0.717) is 34.8 Å². The van der Waals surface area contributed by atoms with Crippen molar-refractivity contribution in [2.24, 2.45) is 0 Å². The number of rotatable bonds is 6. The van der Waals surface area contributed by atoms with Crippen molar-refractivity contribution >= 4 is 26.5 Å². The SMILES string of the molecule is CC1(C)O[C@@H](C(C)(C)O[SiH2]C(C)(C)C)[C@@H](COc2ccc3c(c2)C(C)(C)c2oc4ccncc4c2C3=O)O1. The zero-order valence-corrected chi connectivity index (χ0v) is 25.3. The fourth-order valence-corrected chi connectivity index (χ4v) is 6.37. The smallest absolute Gasteiger partial charge is 0.197 e. The molecule has 0 unspecified atom stereocenters. The van der Waals surface area contributed by atoms with E-state index in [9.17, 15) is 4.79 Å². The summed E-state index contributed by atoms with van der Waals surface area (Å²) in [4.78, 5) is 17.7. The maximum absolute atomic E-state index is 13.5. The largest absolute Gasteiger partial charge is 0.491 e. The number of pyridine rings is 1. The average Bonchev–Trinajstić information content (AvgIpc) is 3.38. The Morgan fingerprint density at radius 3 is 2.50 bits per heavy atom. The number of fused-ring (bicyclic) bond motifs is 4. The molecule has 0 spiro atoms. The number of hydrogen-bond acceptors (Lipinski definition) is 7. The van der Waals surface area contributed by atoms with E-state index in [1.54, 1.807) is 18.5 Å². The lowest BCUT2D eigenvalue weighted by molar-refractivity contribution is -0.162. The Balaban J connectivity index is 1.39. The molecule has 7 nitrogen and oxygen atoms in total. The summed E-state index contributed by atoms with van der Waals surface area (Å²) in [7, 11) is -0.793. The van der Waals surface area contributed by atoms with Gasteiger partial charge in [-0.25, -0.2) is 0 Å². The summed E-state index contributed by atoms with van der Waals surface area (Å²) in [6.45, 7) is 19.0. The third kappa shape index (κ3) is 4.83. The number of ketones is 1. The molecule has 2 aliphatic rings. The van der Waals surface area contributed by atoms with Crippen LogP contribution in [0.5, 0.6) is 5.75 Å². The van der Waals surface area contributed by atoms with Crippen molar-refractivity contribution in [3.8, 4) is 5.75 Å². The summed E-state index contributed by atoms with van der Waals surface area (Å²) in [6, 6.07) is 7.45. The van der Waals surface area contributed by atoms with Crippen molar-refractivity contribution in [1.82, 2.24) is 4.98 Å². The number of aromatic nitrogens is 1. The first-order chi connectivity index (χ1) is 17.6. The van der Waals surface area contributed by atoms with Gasteiger partial charge in [0.1, 0.15) is 35.9 Å². The third-order valence-electron chi connectivity index (χ3n) is 7.35. The molecule has 38 heavy (non-hydrogen) atoms. The highest BCUT2D eigenvalue weighted by atomic mass is 28.2. The van der Waals surface area contributed by atoms with Gasteiger partial charge >= 0.3 is 0 Å². The molecule has 1 aliphatic carbocycles. The molecule has 0 saturated carbocycles. The van der Waals surface area contributed by atoms with E-state index in [0.717, 1.165) is 10.9 Å². The van der Waals surface area contributed by atoms with Crippen LogP contribution in [0.25, 0.3) is 11.0 Å². The minimum atomic E-state index is -0.793. The molecule has 204 valence electrons. The monoisotopic (exact) mass is 537 g/mol. The Morgan fingerprint density at radius 1 is 1.05 bits per heavy atom. The van der Waals surface area contributed by atoms with Gasteiger partial charge in [0.05, 0.1) is 16.6 Å². The lowest BCUT2D eigenvalue weighted by Crippen LogP contribution is -2.48. The number of furan rings is 1. The van der Waals surface area contributed by atoms with Crippen LogP contribution in [0, 0.1) is 0 Å². The van der Waals surface area contributed by atoms with Crippen molar-refractivity contribution in [3.63, 3.8) is 0 Å². The zero-order valence-electron chi connectivity index (χ0n) is 23.9. The van der Waals surface area contributed by atoms with E-state index in [4.69, 9.17) is 23.1 Å². The number of benzene rings is 1. The second kappa shape index (κ2) is 9.01. The average molecular weight is 538 g/mol. The van der Waals surface area contributed by atoms with Crippen molar-refractivity contribution in [3.05, 3.63) is 59.1 Å². The number of hydrogen-bond donors (Lipinski definition) is 0. The van der Waals surface area contributed by atoms with E-state index in [2.05, 4.69) is 53.5 Å². The molecule has 1 aliphatic heterocycles. The molecule has 0 bridgehead atoms. The van der Waals surface area contributed by atoms with Crippen LogP contribution in [0.1, 0.15) is 89.6 Å². The predicted molar refractivity (Wildman–Crippen MR) is 149 cm³/mol. The molecule has 3 aromatic rings. The Labute approximate surface area is 227 Å². The highest BCUT2D eigenvalue weighted by molar-refractivity contribution is 6.31. The van der Waals surface area contributed by atoms with Crippen LogP contribution < -0.4 is 4.74 Å². The molecule has 1 fully saturated rings. The van der Waals surface area contributed by atoms with Crippen LogP contribution in [-0.2, 0) is 19.3 Å². The maximum atomic E-state index is 13.5. The second-order valence-corrected chi connectivity index (χ2v) is 15.9. The number of ether oxygens (including phenoxy) is 3. The Morgan fingerprint density at radius 2 is 1.79 bits per heavy atom. The van der Waals surface area contributed by atoms with E-state index in [1.165, 1.54) is 0 Å². The van der Waals surface area contributed by atoms with Crippen molar-refractivity contribution in [2.45, 2.75) is 96.4 Å². The molecule has 3 heterocycles. The van der Waals surface area contributed by atoms with Gasteiger partial charge in [0.15, 0.2) is 21.3 Å². The van der Waals surface area contributed by atoms with Gasteiger partial charge in [0, 0.05) is 23.4 Å². The van der Waals surface area contributed by atoms with Gasteiger partial charge in [0.2, 0.25) is 0 Å². The van der Waals surface area contributed by atoms with Gasteiger partial charge in [0.25, 0.3) is 0 Å². The molecule has 1 saturated heterocycles. The number of nitrogens with zero attached hydrogens (tertiary/aromatic N) is 1. The molecule has 0 radical (unpaired) electrons. The summed E-state index contributed by atoms with van der Waals surface area (Å²) in [5.74, 6) is 0.537. The van der Waals surface area contributed by atoms with Crippen molar-refractivity contribution in [2.75, 3.05) is 6.61 Å². The summed E-state index contributed by atoms with van der Waals surface area (Å²) < 4.78 is 31.5. The van der Waals surface area contributed by atoms with Crippen LogP contribution in [0.4, 0.5) is 0 Å². The van der Waals surface area contributed by atoms with Gasteiger partial charge in [-0.15, -0.1) is 0 Å². The van der Waals surface area contributed by atoms with Crippen molar-refractivity contribution < 1.29 is 27.8 Å². The molecule has 2 aromatic heterocycles. The fraction of sp³-hybridized carbons (Fsp3) is 0.533. The van der Waals surface area contributed by atoms with E-state index < -0.39 is 26.6 Å². The Kier molecular flexibility index (Phi) is 6.42. The minimum Gasteiger partial charge on any atom is -0.491 e. The zero-order chi connectivity index (χ0) is 27.7. The Hall–Kier alpha value is -2.52. The van der Waals surface area contributed by atoms with Crippen LogP contribution in [0.15, 0.2) is 41.1 Å². The van der Waals surface area contributed by atoms with E-state index in [1.807, 2.05) is 32.0 Å². The topological polar surface area (TPSA) is 80.0 Å². The van der Waals surface area contributed by atoms with Gasteiger partial charge in [-0.05, 0) is 76.4 Å². The van der Waals surface area contributed by atoms with Gasteiger partial charge < -0.3 is 23.1 Å². The highest BCUT2D eigenvalue weighted by Gasteiger charge is 2.50. The second-order valence-electron chi connectivity index (χ2n) is 13.2. The normalized spacial score (nSPS) is 22.7. The third-order valence-corrected chi connectivity index (χ3v) is 9.11. The van der Waals surface area contributed by atoms with Crippen LogP contribution in [0.2, 0.25) is 5.04 Å². The number of carbonyl (C=O) groups is 1. The lowest BCUT2D eigenvalue weighted by Gasteiger charge is -2.36. The summed E-state index contributed by atoms with van der Waals surface area (Å²) in [6.07, 6.45) is 2.78. The van der Waals surface area contributed by atoms with Crippen LogP contribution in [-0.4, -0.2) is 50.7 Å². The summed E-state index contributed by atoms with van der Waals surface area (Å²) in [5, 5.41) is 0.917. The molecule has 0 N–H and O–H groups in total. The summed E-state index contributed by atoms with van der Waals surface area (Å²) in [5.41, 5.74) is 1.76. The van der Waals surface area contributed by atoms with Crippen LogP contribution >= 0.6 is 0 Å². The fourth-order valence-electron chi connectivity index (χ4n) is 5.40. The summed E-state index contributed by atoms with van der Waals surface area (Å²) >= 11 is 0. The molecular weight excluding hydrogens is 498 g/mol. The highest BCUT2D eigenvalue weighted by Crippen LogP contribution is 2.46. The quantitative estimate of drug-likeness (QED) is 0.374. The first kappa shape index (κ1) is 27.1.